The minimum absolute atomic E-state index is 0.422. The molecule has 0 fully saturated rings. The minimum atomic E-state index is -2.78. The van der Waals surface area contributed by atoms with Crippen LogP contribution in [-0.2, 0) is 23.0 Å². The fourth-order valence-electron chi connectivity index (χ4n) is 6.65. The predicted molar refractivity (Wildman–Crippen MR) is 151 cm³/mol. The van der Waals surface area contributed by atoms with Gasteiger partial charge in [-0.25, -0.2) is 0 Å². The van der Waals surface area contributed by atoms with Crippen molar-refractivity contribution in [1.82, 2.24) is 0 Å². The van der Waals surface area contributed by atoms with Crippen LogP contribution in [0.3, 0.4) is 0 Å². The zero-order chi connectivity index (χ0) is 24.7. The van der Waals surface area contributed by atoms with E-state index in [2.05, 4.69) is 70.2 Å². The number of allylic oxidation sites excluding steroid dienone is 1. The van der Waals surface area contributed by atoms with Crippen LogP contribution in [-0.4, -0.2) is 0 Å². The van der Waals surface area contributed by atoms with Crippen LogP contribution in [0.1, 0.15) is 77.1 Å². The Hall–Kier alpha value is -1.31. The fraction of sp³-hybridized carbons (Fsp3) is 0.375. The summed E-state index contributed by atoms with van der Waals surface area (Å²) in [6, 6.07) is 16.1. The number of hydrogen-bond acceptors (Lipinski definition) is 0. The van der Waals surface area contributed by atoms with Gasteiger partial charge in [-0.05, 0) is 0 Å². The van der Waals surface area contributed by atoms with Gasteiger partial charge in [-0.1, -0.05) is 0 Å². The van der Waals surface area contributed by atoms with Crippen molar-refractivity contribution < 1.29 is 16.6 Å². The molecule has 1 unspecified atom stereocenters. The van der Waals surface area contributed by atoms with E-state index in [4.69, 9.17) is 23.2 Å². The SMILES string of the molecule is CCC[CH2][Ti]([CH2]CCC)([c]1cc(C)cc2c1Cc1ccc(C)cc1-2)[CH]1C=Cc2c(Cl)ccc(Cl)c21. The molecular formula is C32H36Cl2Ti. The normalized spacial score (nSPS) is 15.9. The molecule has 0 bridgehead atoms. The summed E-state index contributed by atoms with van der Waals surface area (Å²) in [6.07, 6.45) is 10.9. The molecule has 3 heteroatoms. The molecule has 0 saturated carbocycles. The third-order valence-electron chi connectivity index (χ3n) is 8.35. The molecule has 3 aromatic rings. The van der Waals surface area contributed by atoms with Gasteiger partial charge in [0.15, 0.2) is 0 Å². The first-order valence-corrected chi connectivity index (χ1v) is 17.9. The second-order valence-corrected chi connectivity index (χ2v) is 18.5. The number of halogens is 2. The van der Waals surface area contributed by atoms with E-state index < -0.39 is 16.6 Å². The summed E-state index contributed by atoms with van der Waals surface area (Å²) in [5.41, 5.74) is 11.3. The average molecular weight is 539 g/mol. The molecule has 3 aromatic carbocycles. The Morgan fingerprint density at radius 1 is 0.829 bits per heavy atom. The Morgan fingerprint density at radius 3 is 2.23 bits per heavy atom. The zero-order valence-electron chi connectivity index (χ0n) is 21.5. The first kappa shape index (κ1) is 25.3. The molecular weight excluding hydrogens is 503 g/mol. The Balaban J connectivity index is 1.77. The van der Waals surface area contributed by atoms with Gasteiger partial charge in [-0.3, -0.25) is 0 Å². The van der Waals surface area contributed by atoms with Crippen molar-refractivity contribution in [1.29, 1.82) is 0 Å². The van der Waals surface area contributed by atoms with E-state index in [1.807, 2.05) is 12.1 Å². The summed E-state index contributed by atoms with van der Waals surface area (Å²) < 4.78 is 4.85. The molecule has 0 saturated heterocycles. The van der Waals surface area contributed by atoms with E-state index in [0.717, 1.165) is 22.0 Å². The van der Waals surface area contributed by atoms with Gasteiger partial charge in [0.05, 0.1) is 0 Å². The third kappa shape index (κ3) is 4.40. The van der Waals surface area contributed by atoms with Crippen molar-refractivity contribution in [3.63, 3.8) is 0 Å². The van der Waals surface area contributed by atoms with E-state index in [-0.39, 0.29) is 0 Å². The number of hydrogen-bond donors (Lipinski definition) is 0. The van der Waals surface area contributed by atoms with Crippen LogP contribution >= 0.6 is 23.2 Å². The second-order valence-electron chi connectivity index (χ2n) is 10.7. The Bertz CT molecular complexity index is 1300. The summed E-state index contributed by atoms with van der Waals surface area (Å²) in [7, 11) is 0. The molecule has 2 aliphatic carbocycles. The molecule has 0 aliphatic heterocycles. The Morgan fingerprint density at radius 2 is 1.51 bits per heavy atom. The van der Waals surface area contributed by atoms with Crippen molar-refractivity contribution in [2.24, 2.45) is 0 Å². The third-order valence-corrected chi connectivity index (χ3v) is 17.9. The molecule has 0 amide bonds. The molecule has 5 rings (SSSR count). The van der Waals surface area contributed by atoms with E-state index in [1.165, 1.54) is 68.5 Å². The fourth-order valence-corrected chi connectivity index (χ4v) is 17.3. The van der Waals surface area contributed by atoms with Crippen molar-refractivity contribution in [3.05, 3.63) is 92.0 Å². The maximum atomic E-state index is 6.97. The quantitative estimate of drug-likeness (QED) is 0.196. The zero-order valence-corrected chi connectivity index (χ0v) is 24.6. The Labute approximate surface area is 225 Å². The van der Waals surface area contributed by atoms with E-state index in [0.29, 0.717) is 4.22 Å². The number of benzene rings is 3. The van der Waals surface area contributed by atoms with Crippen LogP contribution in [0.2, 0.25) is 19.5 Å². The molecule has 0 nitrogen and oxygen atoms in total. The molecule has 0 spiro atoms. The van der Waals surface area contributed by atoms with Crippen LogP contribution in [0.4, 0.5) is 0 Å². The van der Waals surface area contributed by atoms with Gasteiger partial charge in [0, 0.05) is 0 Å². The average Bonchev–Trinajstić information content (AvgIpc) is 3.45. The first-order chi connectivity index (χ1) is 16.9. The first-order valence-electron chi connectivity index (χ1n) is 13.3. The predicted octanol–water partition coefficient (Wildman–Crippen LogP) is 10.2. The summed E-state index contributed by atoms with van der Waals surface area (Å²) >= 11 is 10.9. The number of unbranched alkanes of at least 4 members (excludes halogenated alkanes) is 2. The number of rotatable bonds is 8. The molecule has 1 atom stereocenters. The molecule has 35 heavy (non-hydrogen) atoms. The van der Waals surface area contributed by atoms with Crippen molar-refractivity contribution >= 4 is 33.1 Å². The van der Waals surface area contributed by atoms with Crippen molar-refractivity contribution in [3.8, 4) is 11.1 Å². The van der Waals surface area contributed by atoms with E-state index >= 15 is 0 Å². The van der Waals surface area contributed by atoms with Gasteiger partial charge in [0.25, 0.3) is 0 Å². The van der Waals surface area contributed by atoms with Gasteiger partial charge in [-0.2, -0.15) is 0 Å². The van der Waals surface area contributed by atoms with Crippen LogP contribution in [0.5, 0.6) is 0 Å². The summed E-state index contributed by atoms with van der Waals surface area (Å²) in [5, 5.41) is 1.73. The molecule has 0 radical (unpaired) electrons. The summed E-state index contributed by atoms with van der Waals surface area (Å²) in [6.45, 7) is 9.20. The van der Waals surface area contributed by atoms with Crippen LogP contribution in [0.25, 0.3) is 17.2 Å². The monoisotopic (exact) mass is 538 g/mol. The summed E-state index contributed by atoms with van der Waals surface area (Å²) in [4.78, 5) is 0. The number of aryl methyl sites for hydroxylation is 2. The van der Waals surface area contributed by atoms with E-state index in [1.54, 1.807) is 9.43 Å². The second kappa shape index (κ2) is 10.2. The van der Waals surface area contributed by atoms with Gasteiger partial charge in [0.2, 0.25) is 0 Å². The van der Waals surface area contributed by atoms with E-state index in [9.17, 15) is 0 Å². The maximum absolute atomic E-state index is 6.97. The molecule has 0 aromatic heterocycles. The number of fused-ring (bicyclic) bond motifs is 4. The van der Waals surface area contributed by atoms with Gasteiger partial charge in [-0.15, -0.1) is 0 Å². The van der Waals surface area contributed by atoms with Crippen molar-refractivity contribution in [2.75, 3.05) is 0 Å². The van der Waals surface area contributed by atoms with Gasteiger partial charge >= 0.3 is 226 Å². The Kier molecular flexibility index (Phi) is 7.40. The standard InChI is InChI=1S/C15H13.C9H5Cl2.2C4H9.Ti/c1-10-3-5-12-9-13-6-4-11(2)8-15(13)14(12)7-10;10-8-4-5-9(11)7-3-1-2-6(7)8;2*1-3-4-2;/h3-5,7-8H,9H2,1-2H3;1-5H;2*1,3-4H2,2H3;. The summed E-state index contributed by atoms with van der Waals surface area (Å²) in [5.74, 6) is 0. The van der Waals surface area contributed by atoms with Crippen LogP contribution in [0.15, 0.2) is 48.5 Å². The topological polar surface area (TPSA) is 0 Å². The molecule has 2 aliphatic rings. The molecule has 0 heterocycles. The van der Waals surface area contributed by atoms with Crippen molar-refractivity contribution in [2.45, 2.75) is 73.5 Å². The molecule has 182 valence electrons. The van der Waals surface area contributed by atoms with Gasteiger partial charge < -0.3 is 0 Å². The van der Waals surface area contributed by atoms with Crippen LogP contribution in [0, 0.1) is 13.8 Å². The molecule has 0 N–H and O–H groups in total. The van der Waals surface area contributed by atoms with Crippen LogP contribution < -0.4 is 3.87 Å². The van der Waals surface area contributed by atoms with Gasteiger partial charge in [0.1, 0.15) is 0 Å².